The number of aryl methyl sites for hydroxylation is 2. The molecule has 36 heavy (non-hydrogen) atoms. The van der Waals surface area contributed by atoms with E-state index in [1.807, 2.05) is 25.1 Å². The molecule has 0 bridgehead atoms. The van der Waals surface area contributed by atoms with E-state index < -0.39 is 5.91 Å². The monoisotopic (exact) mass is 501 g/mol. The van der Waals surface area contributed by atoms with Crippen LogP contribution >= 0.6 is 11.3 Å². The fourth-order valence-corrected chi connectivity index (χ4v) is 4.74. The van der Waals surface area contributed by atoms with Crippen molar-refractivity contribution in [3.8, 4) is 11.5 Å². The Morgan fingerprint density at radius 3 is 2.78 bits per heavy atom. The van der Waals surface area contributed by atoms with E-state index in [0.717, 1.165) is 11.1 Å². The Kier molecular flexibility index (Phi) is 5.04. The van der Waals surface area contributed by atoms with Gasteiger partial charge in [-0.05, 0) is 49.2 Å². The second-order valence-electron chi connectivity index (χ2n) is 8.30. The highest BCUT2D eigenvalue weighted by atomic mass is 32.1. The van der Waals surface area contributed by atoms with Crippen LogP contribution in [0.1, 0.15) is 26.5 Å². The van der Waals surface area contributed by atoms with Gasteiger partial charge in [-0.2, -0.15) is 0 Å². The number of aromatic nitrogens is 5. The highest BCUT2D eigenvalue weighted by molar-refractivity contribution is 7.15. The summed E-state index contributed by atoms with van der Waals surface area (Å²) >= 11 is 1.22. The van der Waals surface area contributed by atoms with Crippen molar-refractivity contribution in [2.75, 3.05) is 12.1 Å². The lowest BCUT2D eigenvalue weighted by atomic mass is 10.1. The number of hydrogen-bond donors (Lipinski definition) is 2. The number of amides is 1. The third kappa shape index (κ3) is 3.58. The summed E-state index contributed by atoms with van der Waals surface area (Å²) in [5, 5.41) is 20.7. The fraction of sp³-hybridized carbons (Fsp3) is 0.167. The van der Waals surface area contributed by atoms with Gasteiger partial charge in [-0.15, -0.1) is 10.2 Å². The van der Waals surface area contributed by atoms with E-state index in [1.165, 1.54) is 21.8 Å². The first-order valence-electron chi connectivity index (χ1n) is 11.0. The molecular formula is C24H19N7O4S. The van der Waals surface area contributed by atoms with Crippen LogP contribution in [0.2, 0.25) is 0 Å². The molecule has 0 fully saturated rings. The van der Waals surface area contributed by atoms with Crippen LogP contribution in [0.25, 0.3) is 16.7 Å². The highest BCUT2D eigenvalue weighted by Gasteiger charge is 2.20. The van der Waals surface area contributed by atoms with E-state index in [1.54, 1.807) is 29.8 Å². The molecule has 12 heteroatoms. The van der Waals surface area contributed by atoms with Crippen LogP contribution in [0.5, 0.6) is 11.5 Å². The molecule has 5 aromatic rings. The van der Waals surface area contributed by atoms with Crippen LogP contribution in [0.4, 0.5) is 5.13 Å². The van der Waals surface area contributed by atoms with Gasteiger partial charge < -0.3 is 14.0 Å². The average molecular weight is 502 g/mol. The largest absolute Gasteiger partial charge is 0.454 e. The van der Waals surface area contributed by atoms with Crippen LogP contribution in [0, 0.1) is 19.3 Å². The standard InChI is InChI=1S/C24H19N7O4S/c1-12-4-3-7-30-20(12)26-21-16(23(30)33)9-15(22(32)27-24-29-28-13(2)36-24)19(25)31(21)10-14-5-6-17-18(8-14)35-11-34-17/h3-9,25H,10-11H2,1-2H3,(H,27,29,32). The number of carbonyl (C=O) groups excluding carboxylic acids is 1. The molecule has 1 aliphatic heterocycles. The van der Waals surface area contributed by atoms with Gasteiger partial charge in [-0.25, -0.2) is 4.98 Å². The van der Waals surface area contributed by atoms with Crippen LogP contribution in [0.3, 0.4) is 0 Å². The molecule has 0 saturated heterocycles. The smallest absolute Gasteiger partial charge is 0.267 e. The van der Waals surface area contributed by atoms with Crippen LogP contribution in [-0.2, 0) is 6.54 Å². The predicted molar refractivity (Wildman–Crippen MR) is 132 cm³/mol. The Bertz CT molecular complexity index is 1820. The summed E-state index contributed by atoms with van der Waals surface area (Å²) in [6, 6.07) is 10.5. The lowest BCUT2D eigenvalue weighted by molar-refractivity contribution is 0.102. The normalized spacial score (nSPS) is 12.4. The molecule has 1 aromatic carbocycles. The molecule has 0 spiro atoms. The number of carbonyl (C=O) groups is 1. The van der Waals surface area contributed by atoms with E-state index in [2.05, 4.69) is 15.5 Å². The topological polar surface area (TPSA) is 136 Å². The fourth-order valence-electron chi connectivity index (χ4n) is 4.16. The highest BCUT2D eigenvalue weighted by Crippen LogP contribution is 2.32. The van der Waals surface area contributed by atoms with E-state index in [0.29, 0.717) is 32.9 Å². The quantitative estimate of drug-likeness (QED) is 0.361. The molecular weight excluding hydrogens is 482 g/mol. The number of nitrogens with one attached hydrogen (secondary N) is 2. The van der Waals surface area contributed by atoms with Crippen molar-refractivity contribution in [1.82, 2.24) is 24.1 Å². The zero-order valence-electron chi connectivity index (χ0n) is 19.2. The Labute approximate surface area is 207 Å². The summed E-state index contributed by atoms with van der Waals surface area (Å²) in [5.74, 6) is 0.670. The van der Waals surface area contributed by atoms with Gasteiger partial charge in [0.25, 0.3) is 11.5 Å². The summed E-state index contributed by atoms with van der Waals surface area (Å²) in [5.41, 5.74) is 1.98. The van der Waals surface area contributed by atoms with E-state index in [-0.39, 0.29) is 35.3 Å². The van der Waals surface area contributed by atoms with Gasteiger partial charge in [-0.1, -0.05) is 23.5 Å². The first kappa shape index (κ1) is 21.9. The second kappa shape index (κ2) is 8.27. The summed E-state index contributed by atoms with van der Waals surface area (Å²) in [7, 11) is 0. The van der Waals surface area contributed by atoms with Gasteiger partial charge in [0.05, 0.1) is 17.5 Å². The first-order valence-corrected chi connectivity index (χ1v) is 11.8. The number of fused-ring (bicyclic) bond motifs is 3. The average Bonchev–Trinajstić information content (AvgIpc) is 3.49. The molecule has 5 heterocycles. The minimum atomic E-state index is -0.564. The lowest BCUT2D eigenvalue weighted by Gasteiger charge is -2.15. The van der Waals surface area contributed by atoms with E-state index in [4.69, 9.17) is 19.9 Å². The van der Waals surface area contributed by atoms with Crippen molar-refractivity contribution in [2.45, 2.75) is 20.4 Å². The molecule has 0 radical (unpaired) electrons. The number of benzene rings is 1. The summed E-state index contributed by atoms with van der Waals surface area (Å²) in [6.07, 6.45) is 1.64. The molecule has 2 N–H and O–H groups in total. The predicted octanol–water partition coefficient (Wildman–Crippen LogP) is 2.63. The Balaban J connectivity index is 1.57. The van der Waals surface area contributed by atoms with Gasteiger partial charge in [0.1, 0.15) is 21.8 Å². The molecule has 11 nitrogen and oxygen atoms in total. The van der Waals surface area contributed by atoms with Crippen molar-refractivity contribution in [1.29, 1.82) is 5.41 Å². The molecule has 1 aliphatic rings. The van der Waals surface area contributed by atoms with Crippen molar-refractivity contribution >= 4 is 39.1 Å². The first-order chi connectivity index (χ1) is 17.4. The van der Waals surface area contributed by atoms with Crippen LogP contribution < -0.4 is 25.8 Å². The summed E-state index contributed by atoms with van der Waals surface area (Å²) < 4.78 is 13.9. The van der Waals surface area contributed by atoms with E-state index in [9.17, 15) is 9.59 Å². The SMILES string of the molecule is Cc1nnc(NC(=O)c2cc3c(=O)n4cccc(C)c4nc3n(Cc3ccc4c(c3)OCO4)c2=N)s1. The Morgan fingerprint density at radius 2 is 1.97 bits per heavy atom. The Hall–Kier alpha value is -4.58. The van der Waals surface area contributed by atoms with Gasteiger partial charge in [0.15, 0.2) is 11.5 Å². The lowest BCUT2D eigenvalue weighted by Crippen LogP contribution is -2.32. The molecule has 0 atom stereocenters. The van der Waals surface area contributed by atoms with Gasteiger partial charge in [-0.3, -0.25) is 24.7 Å². The van der Waals surface area contributed by atoms with Gasteiger partial charge in [0.2, 0.25) is 11.9 Å². The van der Waals surface area contributed by atoms with Crippen LogP contribution in [0.15, 0.2) is 47.4 Å². The molecule has 0 unspecified atom stereocenters. The number of anilines is 1. The Morgan fingerprint density at radius 1 is 1.14 bits per heavy atom. The zero-order chi connectivity index (χ0) is 25.0. The van der Waals surface area contributed by atoms with Gasteiger partial charge in [0, 0.05) is 6.20 Å². The third-order valence-electron chi connectivity index (χ3n) is 5.90. The van der Waals surface area contributed by atoms with Crippen molar-refractivity contribution in [2.24, 2.45) is 0 Å². The molecule has 6 rings (SSSR count). The van der Waals surface area contributed by atoms with Gasteiger partial charge >= 0.3 is 0 Å². The molecule has 4 aromatic heterocycles. The number of hydrogen-bond acceptors (Lipinski definition) is 9. The zero-order valence-corrected chi connectivity index (χ0v) is 20.0. The maximum Gasteiger partial charge on any atom is 0.267 e. The van der Waals surface area contributed by atoms with Crippen LogP contribution in [-0.4, -0.2) is 36.8 Å². The third-order valence-corrected chi connectivity index (χ3v) is 6.66. The van der Waals surface area contributed by atoms with Crippen molar-refractivity contribution in [3.63, 3.8) is 0 Å². The molecule has 0 aliphatic carbocycles. The van der Waals surface area contributed by atoms with Crippen molar-refractivity contribution < 1.29 is 14.3 Å². The number of rotatable bonds is 4. The van der Waals surface area contributed by atoms with E-state index >= 15 is 0 Å². The number of pyridine rings is 2. The molecule has 0 saturated carbocycles. The number of nitrogens with zero attached hydrogens (tertiary/aromatic N) is 5. The summed E-state index contributed by atoms with van der Waals surface area (Å²) in [4.78, 5) is 31.5. The molecule has 1 amide bonds. The number of ether oxygens (including phenoxy) is 2. The maximum absolute atomic E-state index is 13.5. The maximum atomic E-state index is 13.5. The summed E-state index contributed by atoms with van der Waals surface area (Å²) in [6.45, 7) is 3.96. The second-order valence-corrected chi connectivity index (χ2v) is 9.48. The minimum Gasteiger partial charge on any atom is -0.454 e. The molecule has 180 valence electrons. The minimum absolute atomic E-state index is 0.0163. The van der Waals surface area contributed by atoms with Crippen molar-refractivity contribution in [3.05, 3.63) is 80.1 Å².